The number of para-hydroxylation sites is 1. The Labute approximate surface area is 210 Å². The molecule has 0 bridgehead atoms. The standard InChI is InChI=1S/C30H28ClN3O/c1-17-14-22-23(30(4,5)13-12-29(22,2)3)16-21(17)27-32-26(33-28(31)34-27)18-10-11-20-19-8-6-7-9-24(19)35-25(20)15-18/h6-11,14-16H,12-13H2,1-5H3. The zero-order valence-electron chi connectivity index (χ0n) is 20.7. The highest BCUT2D eigenvalue weighted by molar-refractivity contribution is 6.28. The molecule has 0 saturated heterocycles. The van der Waals surface area contributed by atoms with Crippen molar-refractivity contribution in [2.24, 2.45) is 0 Å². The summed E-state index contributed by atoms with van der Waals surface area (Å²) < 4.78 is 6.08. The van der Waals surface area contributed by atoms with Crippen molar-refractivity contribution < 1.29 is 4.42 Å². The van der Waals surface area contributed by atoms with Crippen LogP contribution < -0.4 is 0 Å². The van der Waals surface area contributed by atoms with Gasteiger partial charge in [0.15, 0.2) is 11.6 Å². The molecule has 5 aromatic rings. The van der Waals surface area contributed by atoms with Crippen LogP contribution >= 0.6 is 11.6 Å². The Morgan fingerprint density at radius 1 is 0.743 bits per heavy atom. The van der Waals surface area contributed by atoms with Gasteiger partial charge in [-0.1, -0.05) is 58.0 Å². The number of benzene rings is 3. The summed E-state index contributed by atoms with van der Waals surface area (Å²) in [6.07, 6.45) is 2.33. The summed E-state index contributed by atoms with van der Waals surface area (Å²) in [6.45, 7) is 11.5. The summed E-state index contributed by atoms with van der Waals surface area (Å²) in [7, 11) is 0. The van der Waals surface area contributed by atoms with Gasteiger partial charge in [-0.25, -0.2) is 4.98 Å². The SMILES string of the molecule is Cc1cc2c(cc1-c1nc(Cl)nc(-c3ccc4c(c3)oc3ccccc34)n1)C(C)(C)CCC2(C)C. The maximum Gasteiger partial charge on any atom is 0.226 e. The molecule has 2 aromatic heterocycles. The molecule has 0 spiro atoms. The van der Waals surface area contributed by atoms with Crippen LogP contribution in [-0.4, -0.2) is 15.0 Å². The first-order valence-corrected chi connectivity index (χ1v) is 12.5. The number of furan rings is 1. The Bertz CT molecular complexity index is 1630. The predicted octanol–water partition coefficient (Wildman–Crippen LogP) is 8.42. The molecule has 1 aliphatic carbocycles. The lowest BCUT2D eigenvalue weighted by Crippen LogP contribution is -2.34. The molecule has 0 unspecified atom stereocenters. The number of halogens is 1. The summed E-state index contributed by atoms with van der Waals surface area (Å²) in [5.74, 6) is 1.14. The van der Waals surface area contributed by atoms with E-state index in [1.165, 1.54) is 17.5 Å². The molecule has 6 rings (SSSR count). The molecule has 0 radical (unpaired) electrons. The van der Waals surface area contributed by atoms with Gasteiger partial charge in [0.05, 0.1) is 0 Å². The number of fused-ring (bicyclic) bond motifs is 4. The highest BCUT2D eigenvalue weighted by atomic mass is 35.5. The van der Waals surface area contributed by atoms with Crippen molar-refractivity contribution in [3.05, 3.63) is 76.6 Å². The second kappa shape index (κ2) is 7.63. The van der Waals surface area contributed by atoms with Gasteiger partial charge in [-0.3, -0.25) is 0 Å². The van der Waals surface area contributed by atoms with Gasteiger partial charge < -0.3 is 4.42 Å². The molecule has 35 heavy (non-hydrogen) atoms. The third kappa shape index (κ3) is 3.63. The van der Waals surface area contributed by atoms with Crippen molar-refractivity contribution >= 4 is 33.5 Å². The van der Waals surface area contributed by atoms with Crippen LogP contribution in [0.5, 0.6) is 0 Å². The number of aryl methyl sites for hydroxylation is 1. The van der Waals surface area contributed by atoms with Crippen molar-refractivity contribution in [2.45, 2.75) is 58.3 Å². The van der Waals surface area contributed by atoms with E-state index in [9.17, 15) is 0 Å². The highest BCUT2D eigenvalue weighted by Crippen LogP contribution is 2.47. The summed E-state index contributed by atoms with van der Waals surface area (Å²) in [5, 5.41) is 2.35. The fraction of sp³-hybridized carbons (Fsp3) is 0.300. The van der Waals surface area contributed by atoms with E-state index in [1.54, 1.807) is 0 Å². The van der Waals surface area contributed by atoms with E-state index in [2.05, 4.69) is 68.9 Å². The minimum absolute atomic E-state index is 0.0965. The van der Waals surface area contributed by atoms with Crippen molar-refractivity contribution in [2.75, 3.05) is 0 Å². The van der Waals surface area contributed by atoms with Crippen molar-refractivity contribution in [1.29, 1.82) is 0 Å². The fourth-order valence-electron chi connectivity index (χ4n) is 5.43. The molecule has 3 aromatic carbocycles. The molecule has 176 valence electrons. The predicted molar refractivity (Wildman–Crippen MR) is 143 cm³/mol. The fourth-order valence-corrected chi connectivity index (χ4v) is 5.59. The van der Waals surface area contributed by atoms with Gasteiger partial charge in [0.25, 0.3) is 0 Å². The first-order chi connectivity index (χ1) is 16.6. The van der Waals surface area contributed by atoms with Crippen LogP contribution in [0.3, 0.4) is 0 Å². The van der Waals surface area contributed by atoms with Gasteiger partial charge in [-0.2, -0.15) is 9.97 Å². The first kappa shape index (κ1) is 22.2. The molecule has 0 saturated carbocycles. The summed E-state index contributed by atoms with van der Waals surface area (Å²) in [5.41, 5.74) is 7.71. The molecule has 2 heterocycles. The van der Waals surface area contributed by atoms with E-state index in [4.69, 9.17) is 21.0 Å². The quantitative estimate of drug-likeness (QED) is 0.254. The average molecular weight is 482 g/mol. The van der Waals surface area contributed by atoms with Gasteiger partial charge in [-0.05, 0) is 83.2 Å². The van der Waals surface area contributed by atoms with Crippen LogP contribution in [0.4, 0.5) is 0 Å². The lowest BCUT2D eigenvalue weighted by atomic mass is 9.62. The zero-order chi connectivity index (χ0) is 24.5. The minimum Gasteiger partial charge on any atom is -0.456 e. The Balaban J connectivity index is 1.50. The van der Waals surface area contributed by atoms with Crippen LogP contribution in [-0.2, 0) is 10.8 Å². The van der Waals surface area contributed by atoms with Crippen LogP contribution in [0.25, 0.3) is 44.7 Å². The smallest absolute Gasteiger partial charge is 0.226 e. The van der Waals surface area contributed by atoms with Crippen LogP contribution in [0.1, 0.15) is 57.2 Å². The van der Waals surface area contributed by atoms with Gasteiger partial charge >= 0.3 is 0 Å². The van der Waals surface area contributed by atoms with Crippen LogP contribution in [0, 0.1) is 6.92 Å². The molecular formula is C30H28ClN3O. The molecule has 4 nitrogen and oxygen atoms in total. The van der Waals surface area contributed by atoms with Crippen LogP contribution in [0.15, 0.2) is 59.0 Å². The lowest BCUT2D eigenvalue weighted by molar-refractivity contribution is 0.332. The molecule has 1 aliphatic rings. The number of hydrogen-bond donors (Lipinski definition) is 0. The van der Waals surface area contributed by atoms with Crippen molar-refractivity contribution in [3.8, 4) is 22.8 Å². The van der Waals surface area contributed by atoms with Gasteiger partial charge in [-0.15, -0.1) is 0 Å². The third-order valence-corrected chi connectivity index (χ3v) is 7.85. The number of nitrogens with zero attached hydrogens (tertiary/aromatic N) is 3. The Morgan fingerprint density at radius 2 is 1.40 bits per heavy atom. The summed E-state index contributed by atoms with van der Waals surface area (Å²) in [4.78, 5) is 13.9. The largest absolute Gasteiger partial charge is 0.456 e. The highest BCUT2D eigenvalue weighted by Gasteiger charge is 2.37. The molecular weight excluding hydrogens is 454 g/mol. The topological polar surface area (TPSA) is 51.8 Å². The summed E-state index contributed by atoms with van der Waals surface area (Å²) >= 11 is 6.44. The Morgan fingerprint density at radius 3 is 2.17 bits per heavy atom. The lowest BCUT2D eigenvalue weighted by Gasteiger charge is -2.42. The Hall–Kier alpha value is -3.24. The average Bonchev–Trinajstić information content (AvgIpc) is 3.19. The van der Waals surface area contributed by atoms with Crippen molar-refractivity contribution in [1.82, 2.24) is 15.0 Å². The second-order valence-electron chi connectivity index (χ2n) is 11.0. The van der Waals surface area contributed by atoms with E-state index in [-0.39, 0.29) is 16.1 Å². The maximum atomic E-state index is 6.44. The number of hydrogen-bond acceptors (Lipinski definition) is 4. The molecule has 0 amide bonds. The van der Waals surface area contributed by atoms with E-state index < -0.39 is 0 Å². The Kier molecular flexibility index (Phi) is 4.85. The normalized spacial score (nSPS) is 16.5. The van der Waals surface area contributed by atoms with E-state index in [1.807, 2.05) is 30.3 Å². The first-order valence-electron chi connectivity index (χ1n) is 12.1. The maximum absolute atomic E-state index is 6.44. The zero-order valence-corrected chi connectivity index (χ0v) is 21.5. The molecule has 0 fully saturated rings. The van der Waals surface area contributed by atoms with Gasteiger partial charge in [0, 0.05) is 21.9 Å². The molecule has 0 aliphatic heterocycles. The monoisotopic (exact) mass is 481 g/mol. The van der Waals surface area contributed by atoms with E-state index in [0.717, 1.165) is 45.0 Å². The molecule has 0 N–H and O–H groups in total. The summed E-state index contributed by atoms with van der Waals surface area (Å²) in [6, 6.07) is 18.7. The minimum atomic E-state index is 0.0965. The van der Waals surface area contributed by atoms with E-state index >= 15 is 0 Å². The van der Waals surface area contributed by atoms with E-state index in [0.29, 0.717) is 11.6 Å². The molecule has 5 heteroatoms. The van der Waals surface area contributed by atoms with Gasteiger partial charge in [0.1, 0.15) is 11.2 Å². The second-order valence-corrected chi connectivity index (χ2v) is 11.4. The van der Waals surface area contributed by atoms with Crippen LogP contribution in [0.2, 0.25) is 5.28 Å². The van der Waals surface area contributed by atoms with Crippen molar-refractivity contribution in [3.63, 3.8) is 0 Å². The van der Waals surface area contributed by atoms with Gasteiger partial charge in [0.2, 0.25) is 5.28 Å². The number of aromatic nitrogens is 3. The molecule has 0 atom stereocenters. The third-order valence-electron chi connectivity index (χ3n) is 7.68. The number of rotatable bonds is 2.